The van der Waals surface area contributed by atoms with Gasteiger partial charge in [-0.3, -0.25) is 0 Å². The van der Waals surface area contributed by atoms with Crippen molar-refractivity contribution in [1.29, 1.82) is 0 Å². The van der Waals surface area contributed by atoms with Crippen LogP contribution in [0.4, 0.5) is 0 Å². The molecule has 3 nitrogen and oxygen atoms in total. The summed E-state index contributed by atoms with van der Waals surface area (Å²) in [6.45, 7) is 8.47. The van der Waals surface area contributed by atoms with Crippen molar-refractivity contribution in [1.82, 2.24) is 0 Å². The van der Waals surface area contributed by atoms with Crippen molar-refractivity contribution in [3.05, 3.63) is 0 Å². The first-order chi connectivity index (χ1) is 9.74. The molecule has 0 aliphatic heterocycles. The molecule has 0 aromatic rings. The fourth-order valence-electron chi connectivity index (χ4n) is 2.70. The van der Waals surface area contributed by atoms with E-state index in [0.29, 0.717) is 19.8 Å². The van der Waals surface area contributed by atoms with Crippen LogP contribution in [0.25, 0.3) is 0 Å². The van der Waals surface area contributed by atoms with Crippen molar-refractivity contribution in [2.24, 2.45) is 5.73 Å². The van der Waals surface area contributed by atoms with Gasteiger partial charge in [0.1, 0.15) is 0 Å². The number of unbranched alkanes of at least 4 members (excludes halogenated alkanes) is 6. The van der Waals surface area contributed by atoms with Crippen molar-refractivity contribution >= 4 is 0 Å². The van der Waals surface area contributed by atoms with Crippen LogP contribution >= 0.6 is 0 Å². The number of hydrogen-bond acceptors (Lipinski definition) is 3. The fraction of sp³-hybridized carbons (Fsp3) is 1.00. The Bertz CT molecular complexity index is 191. The molecule has 0 bridgehead atoms. The van der Waals surface area contributed by atoms with Gasteiger partial charge in [0.25, 0.3) is 0 Å². The second kappa shape index (κ2) is 13.8. The van der Waals surface area contributed by atoms with Gasteiger partial charge in [0, 0.05) is 26.1 Å². The van der Waals surface area contributed by atoms with Crippen LogP contribution in [0.1, 0.15) is 85.0 Å². The summed E-state index contributed by atoms with van der Waals surface area (Å²) >= 11 is 0. The van der Waals surface area contributed by atoms with Crippen molar-refractivity contribution in [3.63, 3.8) is 0 Å². The molecule has 0 amide bonds. The highest BCUT2D eigenvalue weighted by Gasteiger charge is 2.29. The fourth-order valence-corrected chi connectivity index (χ4v) is 2.70. The smallest absolute Gasteiger partial charge is 0.168 e. The lowest BCUT2D eigenvalue weighted by Crippen LogP contribution is -2.37. The zero-order chi connectivity index (χ0) is 15.1. The second-order valence-corrected chi connectivity index (χ2v) is 5.54. The summed E-state index contributed by atoms with van der Waals surface area (Å²) in [6.07, 6.45) is 12.1. The van der Waals surface area contributed by atoms with Crippen LogP contribution in [0.15, 0.2) is 0 Å². The van der Waals surface area contributed by atoms with Crippen LogP contribution in [0.2, 0.25) is 0 Å². The van der Waals surface area contributed by atoms with E-state index < -0.39 is 0 Å². The normalized spacial score (nSPS) is 12.0. The van der Waals surface area contributed by atoms with Crippen LogP contribution in [0, 0.1) is 0 Å². The molecule has 0 radical (unpaired) electrons. The van der Waals surface area contributed by atoms with Crippen LogP contribution in [-0.4, -0.2) is 25.5 Å². The lowest BCUT2D eigenvalue weighted by atomic mass is 10.0. The maximum absolute atomic E-state index is 5.94. The third-order valence-corrected chi connectivity index (χ3v) is 3.74. The first kappa shape index (κ1) is 19.9. The highest BCUT2D eigenvalue weighted by Crippen LogP contribution is 2.27. The Morgan fingerprint density at radius 3 is 1.70 bits per heavy atom. The van der Waals surface area contributed by atoms with E-state index in [2.05, 4.69) is 6.92 Å². The van der Waals surface area contributed by atoms with Gasteiger partial charge < -0.3 is 15.2 Å². The third kappa shape index (κ3) is 9.73. The Kier molecular flexibility index (Phi) is 13.8. The van der Waals surface area contributed by atoms with Crippen LogP contribution < -0.4 is 5.73 Å². The van der Waals surface area contributed by atoms with Crippen molar-refractivity contribution in [2.45, 2.75) is 90.8 Å². The summed E-state index contributed by atoms with van der Waals surface area (Å²) in [5, 5.41) is 0. The number of rotatable bonds is 15. The number of hydrogen-bond donors (Lipinski definition) is 1. The van der Waals surface area contributed by atoms with Gasteiger partial charge in [0.2, 0.25) is 0 Å². The van der Waals surface area contributed by atoms with E-state index in [1.807, 2.05) is 13.8 Å². The Morgan fingerprint density at radius 2 is 1.20 bits per heavy atom. The van der Waals surface area contributed by atoms with Gasteiger partial charge in [-0.2, -0.15) is 0 Å². The molecule has 0 saturated carbocycles. The average molecular weight is 287 g/mol. The predicted octanol–water partition coefficient (Wildman–Crippen LogP) is 4.64. The van der Waals surface area contributed by atoms with Crippen LogP contribution in [0.3, 0.4) is 0 Å². The Hall–Kier alpha value is -0.120. The highest BCUT2D eigenvalue weighted by molar-refractivity contribution is 4.71. The Labute approximate surface area is 126 Å². The van der Waals surface area contributed by atoms with E-state index in [0.717, 1.165) is 19.3 Å². The van der Waals surface area contributed by atoms with Gasteiger partial charge in [-0.05, 0) is 33.2 Å². The average Bonchev–Trinajstić information content (AvgIpc) is 2.45. The molecule has 20 heavy (non-hydrogen) atoms. The maximum atomic E-state index is 5.94. The minimum absolute atomic E-state index is 0.383. The monoisotopic (exact) mass is 287 g/mol. The standard InChI is InChI=1S/C17H37NO2/c1-4-7-8-9-10-11-12-14-17(19-5-2,20-6-3)15-13-16-18/h4-16,18H2,1-3H3. The third-order valence-electron chi connectivity index (χ3n) is 3.74. The molecular weight excluding hydrogens is 250 g/mol. The zero-order valence-corrected chi connectivity index (χ0v) is 14.1. The molecule has 0 rings (SSSR count). The van der Waals surface area contributed by atoms with E-state index in [4.69, 9.17) is 15.2 Å². The molecule has 0 fully saturated rings. The molecule has 0 saturated heterocycles. The molecule has 0 atom stereocenters. The molecule has 0 heterocycles. The molecule has 0 unspecified atom stereocenters. The molecule has 2 N–H and O–H groups in total. The van der Waals surface area contributed by atoms with Crippen molar-refractivity contribution < 1.29 is 9.47 Å². The van der Waals surface area contributed by atoms with E-state index in [1.54, 1.807) is 0 Å². The lowest BCUT2D eigenvalue weighted by Gasteiger charge is -2.33. The maximum Gasteiger partial charge on any atom is 0.168 e. The molecular formula is C17H37NO2. The van der Waals surface area contributed by atoms with Crippen LogP contribution in [-0.2, 0) is 9.47 Å². The largest absolute Gasteiger partial charge is 0.350 e. The minimum Gasteiger partial charge on any atom is -0.350 e. The van der Waals surface area contributed by atoms with Crippen LogP contribution in [0.5, 0.6) is 0 Å². The first-order valence-electron chi connectivity index (χ1n) is 8.72. The number of nitrogens with two attached hydrogens (primary N) is 1. The summed E-state index contributed by atoms with van der Waals surface area (Å²) in [4.78, 5) is 0. The lowest BCUT2D eigenvalue weighted by molar-refractivity contribution is -0.241. The quantitative estimate of drug-likeness (QED) is 0.352. The van der Waals surface area contributed by atoms with Gasteiger partial charge in [-0.15, -0.1) is 0 Å². The van der Waals surface area contributed by atoms with Gasteiger partial charge in [0.05, 0.1) is 0 Å². The Balaban J connectivity index is 3.99. The van der Waals surface area contributed by atoms with Crippen molar-refractivity contribution in [2.75, 3.05) is 19.8 Å². The summed E-state index contributed by atoms with van der Waals surface area (Å²) in [5.41, 5.74) is 5.64. The SMILES string of the molecule is CCCCCCCCCC(CCCN)(OCC)OCC. The molecule has 122 valence electrons. The Morgan fingerprint density at radius 1 is 0.700 bits per heavy atom. The molecule has 0 spiro atoms. The zero-order valence-electron chi connectivity index (χ0n) is 14.1. The van der Waals surface area contributed by atoms with Gasteiger partial charge >= 0.3 is 0 Å². The van der Waals surface area contributed by atoms with E-state index >= 15 is 0 Å². The summed E-state index contributed by atoms with van der Waals surface area (Å²) < 4.78 is 11.9. The van der Waals surface area contributed by atoms with Gasteiger partial charge in [0.15, 0.2) is 5.79 Å². The summed E-state index contributed by atoms with van der Waals surface area (Å²) in [7, 11) is 0. The second-order valence-electron chi connectivity index (χ2n) is 5.54. The molecule has 3 heteroatoms. The van der Waals surface area contributed by atoms with E-state index in [-0.39, 0.29) is 5.79 Å². The number of ether oxygens (including phenoxy) is 2. The van der Waals surface area contributed by atoms with E-state index in [9.17, 15) is 0 Å². The van der Waals surface area contributed by atoms with E-state index in [1.165, 1.54) is 44.9 Å². The predicted molar refractivity (Wildman–Crippen MR) is 86.9 cm³/mol. The van der Waals surface area contributed by atoms with Crippen molar-refractivity contribution in [3.8, 4) is 0 Å². The summed E-state index contributed by atoms with van der Waals surface area (Å²) in [5.74, 6) is -0.383. The highest BCUT2D eigenvalue weighted by atomic mass is 16.7. The molecule has 0 aromatic heterocycles. The molecule has 0 aliphatic carbocycles. The minimum atomic E-state index is -0.383. The first-order valence-corrected chi connectivity index (χ1v) is 8.72. The van der Waals surface area contributed by atoms with Gasteiger partial charge in [-0.1, -0.05) is 45.4 Å². The topological polar surface area (TPSA) is 44.5 Å². The summed E-state index contributed by atoms with van der Waals surface area (Å²) in [6, 6.07) is 0. The van der Waals surface area contributed by atoms with Gasteiger partial charge in [-0.25, -0.2) is 0 Å². The molecule has 0 aromatic carbocycles. The molecule has 0 aliphatic rings.